The summed E-state index contributed by atoms with van der Waals surface area (Å²) in [6.07, 6.45) is -0.0167. The molecule has 7 nitrogen and oxygen atoms in total. The van der Waals surface area contributed by atoms with E-state index in [0.717, 1.165) is 0 Å². The Morgan fingerprint density at radius 1 is 1.14 bits per heavy atom. The number of hydrogen-bond donors (Lipinski definition) is 2. The summed E-state index contributed by atoms with van der Waals surface area (Å²) in [5.41, 5.74) is 0.556. The van der Waals surface area contributed by atoms with Crippen LogP contribution in [-0.2, 0) is 14.3 Å². The zero-order valence-electron chi connectivity index (χ0n) is 12.6. The van der Waals surface area contributed by atoms with Crippen molar-refractivity contribution in [2.75, 3.05) is 26.6 Å². The number of carbonyl (C=O) groups is 2. The molecule has 120 valence electrons. The Morgan fingerprint density at radius 2 is 1.86 bits per heavy atom. The average Bonchev–Trinajstić information content (AvgIpc) is 2.52. The van der Waals surface area contributed by atoms with E-state index in [0.29, 0.717) is 17.2 Å². The molecule has 0 radical (unpaired) electrons. The summed E-state index contributed by atoms with van der Waals surface area (Å²) in [6, 6.07) is 5.14. The number of esters is 1. The van der Waals surface area contributed by atoms with E-state index in [4.69, 9.17) is 21.7 Å². The second-order valence-electron chi connectivity index (χ2n) is 4.14. The molecule has 0 aliphatic carbocycles. The molecule has 1 amide bonds. The average molecular weight is 326 g/mol. The highest BCUT2D eigenvalue weighted by Gasteiger charge is 2.11. The van der Waals surface area contributed by atoms with Crippen LogP contribution < -0.4 is 20.1 Å². The van der Waals surface area contributed by atoms with Gasteiger partial charge in [-0.15, -0.1) is 0 Å². The van der Waals surface area contributed by atoms with Gasteiger partial charge < -0.3 is 24.8 Å². The molecule has 0 spiro atoms. The Hall–Kier alpha value is -2.35. The lowest BCUT2D eigenvalue weighted by Crippen LogP contribution is -2.34. The quantitative estimate of drug-likeness (QED) is 0.605. The van der Waals surface area contributed by atoms with Crippen molar-refractivity contribution in [1.29, 1.82) is 0 Å². The zero-order valence-corrected chi connectivity index (χ0v) is 13.4. The second kappa shape index (κ2) is 8.83. The monoisotopic (exact) mass is 326 g/mol. The van der Waals surface area contributed by atoms with Crippen molar-refractivity contribution in [2.24, 2.45) is 0 Å². The Balaban J connectivity index is 2.61. The van der Waals surface area contributed by atoms with Crippen molar-refractivity contribution in [2.45, 2.75) is 12.8 Å². The molecule has 0 aliphatic heterocycles. The SMILES string of the molecule is COC(=O)CCC(=O)NC(=S)Nc1cc(OC)ccc1OC. The first-order chi connectivity index (χ1) is 10.5. The fraction of sp³-hybridized carbons (Fsp3) is 0.357. The van der Waals surface area contributed by atoms with Crippen LogP contribution in [0.25, 0.3) is 0 Å². The molecular formula is C14H18N2O5S. The molecule has 0 heterocycles. The fourth-order valence-corrected chi connectivity index (χ4v) is 1.80. The van der Waals surface area contributed by atoms with Gasteiger partial charge in [-0.1, -0.05) is 0 Å². The highest BCUT2D eigenvalue weighted by molar-refractivity contribution is 7.80. The molecule has 0 aromatic heterocycles. The molecule has 0 saturated heterocycles. The standard InChI is InChI=1S/C14H18N2O5S/c1-19-9-4-5-11(20-2)10(8-9)15-14(22)16-12(17)6-7-13(18)21-3/h4-5,8H,6-7H2,1-3H3,(H2,15,16,17,22). The van der Waals surface area contributed by atoms with Crippen LogP contribution in [0.4, 0.5) is 5.69 Å². The fourth-order valence-electron chi connectivity index (χ4n) is 1.57. The number of amides is 1. The normalized spacial score (nSPS) is 9.59. The summed E-state index contributed by atoms with van der Waals surface area (Å²) < 4.78 is 14.8. The van der Waals surface area contributed by atoms with Crippen molar-refractivity contribution in [3.63, 3.8) is 0 Å². The van der Waals surface area contributed by atoms with Crippen LogP contribution in [0.15, 0.2) is 18.2 Å². The minimum atomic E-state index is -0.455. The lowest BCUT2D eigenvalue weighted by Gasteiger charge is -2.13. The molecule has 0 aliphatic rings. The van der Waals surface area contributed by atoms with Crippen molar-refractivity contribution < 1.29 is 23.8 Å². The summed E-state index contributed by atoms with van der Waals surface area (Å²) in [5, 5.41) is 5.42. The molecule has 2 N–H and O–H groups in total. The van der Waals surface area contributed by atoms with Crippen LogP contribution in [0.3, 0.4) is 0 Å². The van der Waals surface area contributed by atoms with Crippen LogP contribution >= 0.6 is 12.2 Å². The molecule has 1 aromatic carbocycles. The Morgan fingerprint density at radius 3 is 2.45 bits per heavy atom. The number of thiocarbonyl (C=S) groups is 1. The third-order valence-electron chi connectivity index (χ3n) is 2.69. The predicted octanol–water partition coefficient (Wildman–Crippen LogP) is 1.47. The molecular weight excluding hydrogens is 308 g/mol. The van der Waals surface area contributed by atoms with E-state index in [-0.39, 0.29) is 23.9 Å². The van der Waals surface area contributed by atoms with Crippen molar-refractivity contribution in [3.8, 4) is 11.5 Å². The van der Waals surface area contributed by atoms with Crippen LogP contribution in [0.1, 0.15) is 12.8 Å². The third kappa shape index (κ3) is 5.57. The van der Waals surface area contributed by atoms with Gasteiger partial charge in [-0.25, -0.2) is 0 Å². The van der Waals surface area contributed by atoms with Crippen LogP contribution in [-0.4, -0.2) is 38.3 Å². The number of benzene rings is 1. The van der Waals surface area contributed by atoms with Gasteiger partial charge in [0.2, 0.25) is 5.91 Å². The third-order valence-corrected chi connectivity index (χ3v) is 2.90. The lowest BCUT2D eigenvalue weighted by atomic mass is 10.2. The van der Waals surface area contributed by atoms with Gasteiger partial charge >= 0.3 is 5.97 Å². The maximum atomic E-state index is 11.6. The number of nitrogens with one attached hydrogen (secondary N) is 2. The number of methoxy groups -OCH3 is 3. The Labute approximate surface area is 133 Å². The van der Waals surface area contributed by atoms with Crippen molar-refractivity contribution in [1.82, 2.24) is 5.32 Å². The van der Waals surface area contributed by atoms with Crippen molar-refractivity contribution >= 4 is 34.9 Å². The summed E-state index contributed by atoms with van der Waals surface area (Å²) >= 11 is 5.05. The molecule has 8 heteroatoms. The van der Waals surface area contributed by atoms with E-state index in [9.17, 15) is 9.59 Å². The van der Waals surface area contributed by atoms with E-state index >= 15 is 0 Å². The molecule has 1 aromatic rings. The highest BCUT2D eigenvalue weighted by Crippen LogP contribution is 2.28. The summed E-state index contributed by atoms with van der Waals surface area (Å²) in [4.78, 5) is 22.6. The Bertz CT molecular complexity index is 562. The number of hydrogen-bond acceptors (Lipinski definition) is 6. The summed E-state index contributed by atoms with van der Waals surface area (Å²) in [7, 11) is 4.32. The largest absolute Gasteiger partial charge is 0.497 e. The highest BCUT2D eigenvalue weighted by atomic mass is 32.1. The molecule has 0 fully saturated rings. The number of rotatable bonds is 6. The number of carbonyl (C=O) groups excluding carboxylic acids is 2. The smallest absolute Gasteiger partial charge is 0.306 e. The van der Waals surface area contributed by atoms with Gasteiger partial charge in [-0.05, 0) is 24.4 Å². The number of anilines is 1. The van der Waals surface area contributed by atoms with Crippen molar-refractivity contribution in [3.05, 3.63) is 18.2 Å². The maximum Gasteiger partial charge on any atom is 0.306 e. The lowest BCUT2D eigenvalue weighted by molar-refractivity contribution is -0.142. The summed E-state index contributed by atoms with van der Waals surface area (Å²) in [6.45, 7) is 0. The van der Waals surface area contributed by atoms with Gasteiger partial charge in [0.05, 0.1) is 33.4 Å². The zero-order chi connectivity index (χ0) is 16.5. The molecule has 0 atom stereocenters. The maximum absolute atomic E-state index is 11.6. The van der Waals surface area contributed by atoms with Gasteiger partial charge in [0, 0.05) is 12.5 Å². The van der Waals surface area contributed by atoms with E-state index in [1.807, 2.05) is 0 Å². The van der Waals surface area contributed by atoms with Gasteiger partial charge in [0.15, 0.2) is 5.11 Å². The topological polar surface area (TPSA) is 85.9 Å². The van der Waals surface area contributed by atoms with E-state index in [2.05, 4.69) is 15.4 Å². The van der Waals surface area contributed by atoms with Gasteiger partial charge in [-0.2, -0.15) is 0 Å². The molecule has 0 unspecified atom stereocenters. The predicted molar refractivity (Wildman–Crippen MR) is 85.2 cm³/mol. The minimum Gasteiger partial charge on any atom is -0.497 e. The van der Waals surface area contributed by atoms with Gasteiger partial charge in [0.25, 0.3) is 0 Å². The van der Waals surface area contributed by atoms with Crippen LogP contribution in [0, 0.1) is 0 Å². The Kier molecular flexibility index (Phi) is 7.11. The van der Waals surface area contributed by atoms with Gasteiger partial charge in [0.1, 0.15) is 11.5 Å². The molecule has 0 bridgehead atoms. The first-order valence-electron chi connectivity index (χ1n) is 6.39. The van der Waals surface area contributed by atoms with Gasteiger partial charge in [-0.3, -0.25) is 9.59 Å². The summed E-state index contributed by atoms with van der Waals surface area (Å²) in [5.74, 6) is 0.323. The molecule has 0 saturated carbocycles. The van der Waals surface area contributed by atoms with Crippen LogP contribution in [0.2, 0.25) is 0 Å². The molecule has 22 heavy (non-hydrogen) atoms. The second-order valence-corrected chi connectivity index (χ2v) is 4.55. The van der Waals surface area contributed by atoms with E-state index in [1.165, 1.54) is 14.2 Å². The van der Waals surface area contributed by atoms with E-state index < -0.39 is 5.97 Å². The van der Waals surface area contributed by atoms with E-state index in [1.54, 1.807) is 25.3 Å². The minimum absolute atomic E-state index is 0.00652. The number of ether oxygens (including phenoxy) is 3. The first-order valence-corrected chi connectivity index (χ1v) is 6.80. The first kappa shape index (κ1) is 17.7. The van der Waals surface area contributed by atoms with Crippen LogP contribution in [0.5, 0.6) is 11.5 Å². The molecule has 1 rings (SSSR count).